The highest BCUT2D eigenvalue weighted by Crippen LogP contribution is 2.45. The zero-order valence-corrected chi connectivity index (χ0v) is 21.1. The molecule has 1 fully saturated rings. The van der Waals surface area contributed by atoms with E-state index in [1.54, 1.807) is 54.6 Å². The normalized spacial score (nSPS) is 18.6. The van der Waals surface area contributed by atoms with Gasteiger partial charge in [0.05, 0.1) is 17.0 Å². The van der Waals surface area contributed by atoms with Crippen molar-refractivity contribution in [3.05, 3.63) is 95.1 Å². The molecular weight excluding hydrogens is 474 g/mol. The number of nitrogens with one attached hydrogen (secondary N) is 1. The molecule has 1 unspecified atom stereocenters. The van der Waals surface area contributed by atoms with Gasteiger partial charge in [-0.3, -0.25) is 9.59 Å². The van der Waals surface area contributed by atoms with Crippen LogP contribution in [0.25, 0.3) is 0 Å². The molecule has 1 aliphatic heterocycles. The van der Waals surface area contributed by atoms with Crippen molar-refractivity contribution in [3.8, 4) is 0 Å². The Labute approximate surface area is 211 Å². The van der Waals surface area contributed by atoms with Gasteiger partial charge in [0.1, 0.15) is 0 Å². The summed E-state index contributed by atoms with van der Waals surface area (Å²) in [6.45, 7) is 4.20. The van der Waals surface area contributed by atoms with Crippen molar-refractivity contribution in [3.63, 3.8) is 0 Å². The molecule has 2 amide bonds. The average molecular weight is 504 g/mol. The summed E-state index contributed by atoms with van der Waals surface area (Å²) in [6, 6.07) is 21.1. The maximum atomic E-state index is 13.7. The summed E-state index contributed by atoms with van der Waals surface area (Å²) < 4.78 is 27.5. The predicted molar refractivity (Wildman–Crippen MR) is 141 cm³/mol. The van der Waals surface area contributed by atoms with Crippen LogP contribution in [-0.2, 0) is 15.4 Å². The van der Waals surface area contributed by atoms with Crippen molar-refractivity contribution >= 4 is 33.2 Å². The third-order valence-corrected chi connectivity index (χ3v) is 9.19. The Morgan fingerprint density at radius 3 is 2.33 bits per heavy atom. The minimum Gasteiger partial charge on any atom is -0.378 e. The number of fused-ring (bicyclic) bond motifs is 1. The van der Waals surface area contributed by atoms with Gasteiger partial charge in [-0.15, -0.1) is 0 Å². The van der Waals surface area contributed by atoms with Crippen LogP contribution in [0.15, 0.2) is 72.8 Å². The predicted octanol–water partition coefficient (Wildman–Crippen LogP) is 4.76. The molecule has 1 saturated carbocycles. The first-order chi connectivity index (χ1) is 17.1. The van der Waals surface area contributed by atoms with Crippen LogP contribution in [0.2, 0.25) is 0 Å². The van der Waals surface area contributed by atoms with Gasteiger partial charge in [0.2, 0.25) is 15.9 Å². The topological polar surface area (TPSA) is 110 Å². The van der Waals surface area contributed by atoms with Crippen LogP contribution in [0.1, 0.15) is 71.0 Å². The number of hydrogen-bond acceptors (Lipinski definition) is 5. The number of primary amides is 1. The number of rotatable bonds is 6. The lowest BCUT2D eigenvalue weighted by molar-refractivity contribution is 0.0994. The molecule has 186 valence electrons. The molecule has 5 rings (SSSR count). The van der Waals surface area contributed by atoms with Gasteiger partial charge in [-0.1, -0.05) is 44.2 Å². The molecule has 7 nitrogen and oxygen atoms in total. The lowest BCUT2D eigenvalue weighted by atomic mass is 9.73. The standard InChI is InChI=1S/C28H29N3O4S/c1-28(2)17-25(18-7-6-8-19(15-18)26(29)32)30-24-14-11-20(16-23(24)28)27(33)31(21-9-4-3-5-10-21)36(34,35)22-12-13-22/h3-11,14-16,22,25,30H,12-13,17H2,1-2H3,(H2,29,32). The molecule has 0 aromatic heterocycles. The number of sulfonamides is 1. The van der Waals surface area contributed by atoms with Gasteiger partial charge >= 0.3 is 0 Å². The quantitative estimate of drug-likeness (QED) is 0.504. The smallest absolute Gasteiger partial charge is 0.272 e. The maximum absolute atomic E-state index is 13.7. The van der Waals surface area contributed by atoms with Crippen LogP contribution < -0.4 is 15.4 Å². The fourth-order valence-electron chi connectivity index (χ4n) is 4.91. The Bertz CT molecular complexity index is 1450. The summed E-state index contributed by atoms with van der Waals surface area (Å²) >= 11 is 0. The molecule has 3 N–H and O–H groups in total. The Hall–Kier alpha value is -3.65. The van der Waals surface area contributed by atoms with Gasteiger partial charge in [0.25, 0.3) is 5.91 Å². The summed E-state index contributed by atoms with van der Waals surface area (Å²) in [5, 5.41) is 3.01. The third-order valence-electron chi connectivity index (χ3n) is 6.99. The molecule has 2 aliphatic rings. The number of amides is 2. The SMILES string of the molecule is CC1(C)CC(c2cccc(C(N)=O)c2)Nc2ccc(C(=O)N(c3ccccc3)S(=O)(=O)C3CC3)cc21. The van der Waals surface area contributed by atoms with Crippen molar-refractivity contribution in [2.75, 3.05) is 9.62 Å². The fourth-order valence-corrected chi connectivity index (χ4v) is 6.69. The molecule has 1 aliphatic carbocycles. The number of carbonyl (C=O) groups is 2. The number of anilines is 2. The Balaban J connectivity index is 1.50. The van der Waals surface area contributed by atoms with Gasteiger partial charge in [-0.2, -0.15) is 0 Å². The lowest BCUT2D eigenvalue weighted by Crippen LogP contribution is -2.39. The second kappa shape index (κ2) is 8.78. The summed E-state index contributed by atoms with van der Waals surface area (Å²) in [4.78, 5) is 25.4. The summed E-state index contributed by atoms with van der Waals surface area (Å²) in [5.74, 6) is -1.03. The molecule has 0 bridgehead atoms. The van der Waals surface area contributed by atoms with Crippen molar-refractivity contribution in [1.29, 1.82) is 0 Å². The second-order valence-electron chi connectivity index (χ2n) is 10.2. The van der Waals surface area contributed by atoms with Crippen LogP contribution >= 0.6 is 0 Å². The number of benzene rings is 3. The van der Waals surface area contributed by atoms with Crippen LogP contribution in [0, 0.1) is 0 Å². The molecule has 0 saturated heterocycles. The number of nitrogens with zero attached hydrogens (tertiary/aromatic N) is 1. The zero-order chi connectivity index (χ0) is 25.7. The van der Waals surface area contributed by atoms with Gasteiger partial charge < -0.3 is 11.1 Å². The number of hydrogen-bond donors (Lipinski definition) is 2. The molecule has 1 heterocycles. The van der Waals surface area contributed by atoms with Crippen molar-refractivity contribution in [1.82, 2.24) is 0 Å². The Morgan fingerprint density at radius 2 is 1.67 bits per heavy atom. The van der Waals surface area contributed by atoms with E-state index in [0.717, 1.165) is 21.1 Å². The van der Waals surface area contributed by atoms with Crippen molar-refractivity contribution in [2.24, 2.45) is 5.73 Å². The van der Waals surface area contributed by atoms with Gasteiger partial charge in [0.15, 0.2) is 0 Å². The highest BCUT2D eigenvalue weighted by molar-refractivity contribution is 7.94. The summed E-state index contributed by atoms with van der Waals surface area (Å²) in [6.07, 6.45) is 1.85. The highest BCUT2D eigenvalue weighted by atomic mass is 32.2. The minimum absolute atomic E-state index is 0.0515. The first-order valence-corrected chi connectivity index (χ1v) is 13.5. The molecule has 0 radical (unpaired) electrons. The molecule has 0 spiro atoms. The summed E-state index contributed by atoms with van der Waals surface area (Å²) in [5.41, 5.74) is 9.03. The van der Waals surface area contributed by atoms with E-state index in [1.165, 1.54) is 0 Å². The maximum Gasteiger partial charge on any atom is 0.272 e. The molecule has 8 heteroatoms. The third kappa shape index (κ3) is 4.37. The van der Waals surface area contributed by atoms with Gasteiger partial charge in [0, 0.05) is 16.8 Å². The van der Waals surface area contributed by atoms with E-state index in [1.807, 2.05) is 18.2 Å². The highest BCUT2D eigenvalue weighted by Gasteiger charge is 2.44. The average Bonchev–Trinajstić information content (AvgIpc) is 3.70. The van der Waals surface area contributed by atoms with Crippen LogP contribution in [0.5, 0.6) is 0 Å². The van der Waals surface area contributed by atoms with Crippen molar-refractivity contribution < 1.29 is 18.0 Å². The zero-order valence-electron chi connectivity index (χ0n) is 20.3. The molecule has 3 aromatic carbocycles. The monoisotopic (exact) mass is 503 g/mol. The largest absolute Gasteiger partial charge is 0.378 e. The van der Waals surface area contributed by atoms with Gasteiger partial charge in [-0.05, 0) is 78.3 Å². The molecular formula is C28H29N3O4S. The second-order valence-corrected chi connectivity index (χ2v) is 12.2. The summed E-state index contributed by atoms with van der Waals surface area (Å²) in [7, 11) is -3.80. The van der Waals surface area contributed by atoms with Crippen LogP contribution in [-0.4, -0.2) is 25.5 Å². The fraction of sp³-hybridized carbons (Fsp3) is 0.286. The Morgan fingerprint density at radius 1 is 0.944 bits per heavy atom. The lowest BCUT2D eigenvalue weighted by Gasteiger charge is -2.39. The molecule has 36 heavy (non-hydrogen) atoms. The Kier molecular flexibility index (Phi) is 5.87. The minimum atomic E-state index is -3.80. The first kappa shape index (κ1) is 24.1. The van der Waals surface area contributed by atoms with E-state index in [-0.39, 0.29) is 11.5 Å². The van der Waals surface area contributed by atoms with Crippen LogP contribution in [0.3, 0.4) is 0 Å². The number of carbonyl (C=O) groups excluding carboxylic acids is 2. The first-order valence-electron chi connectivity index (χ1n) is 12.0. The van der Waals surface area contributed by atoms with E-state index in [4.69, 9.17) is 5.73 Å². The molecule has 1 atom stereocenters. The van der Waals surface area contributed by atoms with E-state index < -0.39 is 27.1 Å². The van der Waals surface area contributed by atoms with E-state index >= 15 is 0 Å². The van der Waals surface area contributed by atoms with Crippen LogP contribution in [0.4, 0.5) is 11.4 Å². The van der Waals surface area contributed by atoms with E-state index in [9.17, 15) is 18.0 Å². The molecule has 3 aromatic rings. The van der Waals surface area contributed by atoms with Crippen molar-refractivity contribution in [2.45, 2.75) is 49.8 Å². The number of para-hydroxylation sites is 1. The van der Waals surface area contributed by atoms with E-state index in [2.05, 4.69) is 19.2 Å². The van der Waals surface area contributed by atoms with Gasteiger partial charge in [-0.25, -0.2) is 12.7 Å². The van der Waals surface area contributed by atoms with E-state index in [0.29, 0.717) is 36.1 Å². The number of nitrogens with two attached hydrogens (primary N) is 1.